The van der Waals surface area contributed by atoms with Gasteiger partial charge in [-0.25, -0.2) is 14.2 Å². The Morgan fingerprint density at radius 1 is 0.971 bits per heavy atom. The highest BCUT2D eigenvalue weighted by molar-refractivity contribution is 5.99. The molecular weight excluding hydrogens is 468 g/mol. The Morgan fingerprint density at radius 2 is 1.66 bits per heavy atom. The van der Waals surface area contributed by atoms with Gasteiger partial charge < -0.3 is 20.7 Å². The summed E-state index contributed by atoms with van der Waals surface area (Å²) in [6.07, 6.45) is -1.47. The number of rotatable bonds is 6. The van der Waals surface area contributed by atoms with Gasteiger partial charge in [-0.1, -0.05) is 6.07 Å². The zero-order valence-corrected chi connectivity index (χ0v) is 18.4. The molecule has 3 N–H and O–H groups in total. The van der Waals surface area contributed by atoms with Crippen molar-refractivity contribution in [3.63, 3.8) is 0 Å². The Bertz CT molecular complexity index is 1280. The number of amides is 3. The van der Waals surface area contributed by atoms with Gasteiger partial charge in [-0.15, -0.1) is 0 Å². The molecule has 4 rings (SSSR count). The predicted octanol–water partition coefficient (Wildman–Crippen LogP) is 6.33. The first-order valence-corrected chi connectivity index (χ1v) is 10.6. The minimum atomic E-state index is -4.56. The van der Waals surface area contributed by atoms with Crippen LogP contribution < -0.4 is 20.7 Å². The van der Waals surface area contributed by atoms with Crippen LogP contribution in [-0.2, 0) is 11.0 Å². The van der Waals surface area contributed by atoms with Crippen LogP contribution in [-0.4, -0.2) is 16.9 Å². The van der Waals surface area contributed by atoms with Gasteiger partial charge >= 0.3 is 12.2 Å². The molecule has 1 aliphatic carbocycles. The van der Waals surface area contributed by atoms with Gasteiger partial charge in [0.2, 0.25) is 5.91 Å². The summed E-state index contributed by atoms with van der Waals surface area (Å²) in [7, 11) is 0. The Morgan fingerprint density at radius 3 is 2.31 bits per heavy atom. The molecule has 7 nitrogen and oxygen atoms in total. The lowest BCUT2D eigenvalue weighted by atomic mass is 10.1. The number of urea groups is 1. The number of hydrogen-bond acceptors (Lipinski definition) is 4. The number of halogens is 4. The summed E-state index contributed by atoms with van der Waals surface area (Å²) in [5.41, 5.74) is -0.854. The van der Waals surface area contributed by atoms with Crippen molar-refractivity contribution >= 4 is 29.1 Å². The number of alkyl halides is 3. The number of carbonyl (C=O) groups excluding carboxylic acids is 2. The van der Waals surface area contributed by atoms with Gasteiger partial charge in [0.1, 0.15) is 11.6 Å². The van der Waals surface area contributed by atoms with E-state index < -0.39 is 23.6 Å². The lowest BCUT2D eigenvalue weighted by Crippen LogP contribution is -2.20. The number of ether oxygens (including phenoxy) is 1. The van der Waals surface area contributed by atoms with Crippen molar-refractivity contribution in [1.29, 1.82) is 0 Å². The molecule has 3 aromatic rings. The third-order valence-corrected chi connectivity index (χ3v) is 5.15. The molecule has 1 fully saturated rings. The maximum absolute atomic E-state index is 14.6. The van der Waals surface area contributed by atoms with Crippen molar-refractivity contribution in [2.75, 3.05) is 16.0 Å². The van der Waals surface area contributed by atoms with Gasteiger partial charge in [-0.2, -0.15) is 13.2 Å². The summed E-state index contributed by atoms with van der Waals surface area (Å²) in [5.74, 6) is -0.556. The van der Waals surface area contributed by atoms with Crippen LogP contribution in [0.3, 0.4) is 0 Å². The smallest absolute Gasteiger partial charge is 0.416 e. The summed E-state index contributed by atoms with van der Waals surface area (Å²) >= 11 is 0. The van der Waals surface area contributed by atoms with E-state index in [1.807, 2.05) is 0 Å². The standard InChI is InChI=1S/C24H20F4N4O3/c1-13-2-5-15(10-18(13)24(26,27)28)30-23(34)31-16-6-7-20(19(25)11-16)35-17-8-9-29-21(12-17)32-22(33)14-3-4-14/h2,5-12,14H,3-4H2,1H3,(H,29,32,33)(H2,30,31,34). The largest absolute Gasteiger partial charge is 0.454 e. The highest BCUT2D eigenvalue weighted by Gasteiger charge is 2.32. The zero-order valence-electron chi connectivity index (χ0n) is 18.4. The van der Waals surface area contributed by atoms with E-state index in [-0.39, 0.29) is 46.1 Å². The molecule has 0 saturated heterocycles. The van der Waals surface area contributed by atoms with Crippen LogP contribution >= 0.6 is 0 Å². The molecule has 1 aromatic heterocycles. The Hall–Kier alpha value is -4.15. The van der Waals surface area contributed by atoms with E-state index in [2.05, 4.69) is 20.9 Å². The topological polar surface area (TPSA) is 92.3 Å². The van der Waals surface area contributed by atoms with Crippen molar-refractivity contribution in [1.82, 2.24) is 4.98 Å². The number of aromatic nitrogens is 1. The van der Waals surface area contributed by atoms with E-state index in [9.17, 15) is 27.2 Å². The fraction of sp³-hybridized carbons (Fsp3) is 0.208. The molecule has 0 unspecified atom stereocenters. The second kappa shape index (κ2) is 9.61. The Kier molecular flexibility index (Phi) is 6.59. The van der Waals surface area contributed by atoms with Crippen LogP contribution in [0, 0.1) is 18.7 Å². The van der Waals surface area contributed by atoms with E-state index in [0.717, 1.165) is 25.0 Å². The highest BCUT2D eigenvalue weighted by atomic mass is 19.4. The molecule has 1 saturated carbocycles. The first-order valence-electron chi connectivity index (χ1n) is 10.6. The van der Waals surface area contributed by atoms with Crippen LogP contribution in [0.15, 0.2) is 54.7 Å². The van der Waals surface area contributed by atoms with Crippen LogP contribution in [0.4, 0.5) is 39.5 Å². The number of nitrogens with one attached hydrogen (secondary N) is 3. The molecule has 182 valence electrons. The normalized spacial score (nSPS) is 13.2. The second-order valence-corrected chi connectivity index (χ2v) is 7.99. The van der Waals surface area contributed by atoms with Gasteiger partial charge in [-0.05, 0) is 55.7 Å². The highest BCUT2D eigenvalue weighted by Crippen LogP contribution is 2.34. The fourth-order valence-corrected chi connectivity index (χ4v) is 3.20. The van der Waals surface area contributed by atoms with Crippen molar-refractivity contribution < 1.29 is 31.9 Å². The van der Waals surface area contributed by atoms with E-state index in [1.54, 1.807) is 0 Å². The molecule has 0 bridgehead atoms. The van der Waals surface area contributed by atoms with Crippen LogP contribution in [0.5, 0.6) is 11.5 Å². The number of nitrogens with zero attached hydrogens (tertiary/aromatic N) is 1. The molecule has 0 radical (unpaired) electrons. The average molecular weight is 488 g/mol. The van der Waals surface area contributed by atoms with Gasteiger partial charge in [0.25, 0.3) is 0 Å². The minimum absolute atomic E-state index is 0.00578. The Labute approximate surface area is 197 Å². The van der Waals surface area contributed by atoms with Crippen LogP contribution in [0.25, 0.3) is 0 Å². The number of pyridine rings is 1. The van der Waals surface area contributed by atoms with Crippen LogP contribution in [0.2, 0.25) is 0 Å². The van der Waals surface area contributed by atoms with E-state index in [1.165, 1.54) is 49.5 Å². The van der Waals surface area contributed by atoms with Gasteiger partial charge in [0.15, 0.2) is 11.6 Å². The maximum atomic E-state index is 14.6. The van der Waals surface area contributed by atoms with E-state index in [4.69, 9.17) is 4.74 Å². The number of hydrogen-bond donors (Lipinski definition) is 3. The summed E-state index contributed by atoms with van der Waals surface area (Å²) < 4.78 is 59.3. The molecule has 0 spiro atoms. The second-order valence-electron chi connectivity index (χ2n) is 7.99. The summed E-state index contributed by atoms with van der Waals surface area (Å²) in [6.45, 7) is 1.32. The van der Waals surface area contributed by atoms with Gasteiger partial charge in [-0.3, -0.25) is 4.79 Å². The van der Waals surface area contributed by atoms with Gasteiger partial charge in [0, 0.05) is 35.6 Å². The molecule has 11 heteroatoms. The summed E-state index contributed by atoms with van der Waals surface area (Å²) in [4.78, 5) is 28.1. The maximum Gasteiger partial charge on any atom is 0.416 e. The molecular formula is C24H20F4N4O3. The summed E-state index contributed by atoms with van der Waals surface area (Å²) in [5, 5.41) is 7.32. The first kappa shape index (κ1) is 24.0. The lowest BCUT2D eigenvalue weighted by molar-refractivity contribution is -0.138. The molecule has 3 amide bonds. The van der Waals surface area contributed by atoms with Gasteiger partial charge in [0.05, 0.1) is 5.56 Å². The SMILES string of the molecule is Cc1ccc(NC(=O)Nc2ccc(Oc3ccnc(NC(=O)C4CC4)c3)c(F)c2)cc1C(F)(F)F. The molecule has 35 heavy (non-hydrogen) atoms. The molecule has 2 aromatic carbocycles. The molecule has 0 atom stereocenters. The van der Waals surface area contributed by atoms with E-state index in [0.29, 0.717) is 0 Å². The molecule has 1 aliphatic rings. The average Bonchev–Trinajstić information content (AvgIpc) is 3.62. The van der Waals surface area contributed by atoms with Crippen LogP contribution in [0.1, 0.15) is 24.0 Å². The predicted molar refractivity (Wildman–Crippen MR) is 121 cm³/mol. The molecule has 0 aliphatic heterocycles. The number of benzene rings is 2. The van der Waals surface area contributed by atoms with E-state index >= 15 is 0 Å². The van der Waals surface area contributed by atoms with Crippen molar-refractivity contribution in [2.45, 2.75) is 25.9 Å². The minimum Gasteiger partial charge on any atom is -0.454 e. The fourth-order valence-electron chi connectivity index (χ4n) is 3.20. The quantitative estimate of drug-likeness (QED) is 0.354. The third-order valence-electron chi connectivity index (χ3n) is 5.15. The Balaban J connectivity index is 1.39. The number of anilines is 3. The lowest BCUT2D eigenvalue weighted by Gasteiger charge is -2.14. The van der Waals surface area contributed by atoms with Crippen molar-refractivity contribution in [3.8, 4) is 11.5 Å². The summed E-state index contributed by atoms with van der Waals surface area (Å²) in [6, 6.07) is 9.14. The number of carbonyl (C=O) groups is 2. The molecule has 1 heterocycles. The third kappa shape index (κ3) is 6.25. The van der Waals surface area contributed by atoms with Crippen molar-refractivity contribution in [3.05, 3.63) is 71.7 Å². The first-order chi connectivity index (χ1) is 16.6. The monoisotopic (exact) mass is 488 g/mol. The zero-order chi connectivity index (χ0) is 25.2. The van der Waals surface area contributed by atoms with Crippen molar-refractivity contribution in [2.24, 2.45) is 5.92 Å². The number of aryl methyl sites for hydroxylation is 1.